The van der Waals surface area contributed by atoms with Crippen LogP contribution in [0.2, 0.25) is 0 Å². The summed E-state index contributed by atoms with van der Waals surface area (Å²) in [5.74, 6) is 1.29. The largest absolute Gasteiger partial charge is 0.361 e. The first kappa shape index (κ1) is 13.7. The molecule has 2 heterocycles. The highest BCUT2D eigenvalue weighted by Gasteiger charge is 2.35. The minimum atomic E-state index is 0.553. The Labute approximate surface area is 121 Å². The Morgan fingerprint density at radius 2 is 2.11 bits per heavy atom. The van der Waals surface area contributed by atoms with Crippen molar-refractivity contribution in [2.24, 2.45) is 10.4 Å². The van der Waals surface area contributed by atoms with Crippen LogP contribution < -0.4 is 5.32 Å². The van der Waals surface area contributed by atoms with Crippen molar-refractivity contribution in [1.82, 2.24) is 10.2 Å². The molecular weight excluding hydrogens is 254 g/mol. The predicted octanol–water partition coefficient (Wildman–Crippen LogP) is 2.72. The number of nitrogens with zero attached hydrogens (tertiary/aromatic N) is 2. The summed E-state index contributed by atoms with van der Waals surface area (Å²) >= 11 is 1.98. The molecule has 1 unspecified atom stereocenters. The Balaban J connectivity index is 1.52. The maximum Gasteiger partial charge on any atom is 0.156 e. The number of thioether (sulfide) groups is 1. The van der Waals surface area contributed by atoms with Crippen LogP contribution in [-0.2, 0) is 0 Å². The maximum absolute atomic E-state index is 4.88. The Morgan fingerprint density at radius 1 is 1.26 bits per heavy atom. The highest BCUT2D eigenvalue weighted by Crippen LogP contribution is 2.41. The molecule has 0 radical (unpaired) electrons. The van der Waals surface area contributed by atoms with Crippen molar-refractivity contribution in [3.05, 3.63) is 0 Å². The monoisotopic (exact) mass is 281 g/mol. The van der Waals surface area contributed by atoms with E-state index in [4.69, 9.17) is 4.99 Å². The third kappa shape index (κ3) is 3.46. The summed E-state index contributed by atoms with van der Waals surface area (Å²) in [6.45, 7) is 3.50. The van der Waals surface area contributed by atoms with Gasteiger partial charge in [0, 0.05) is 24.9 Å². The van der Waals surface area contributed by atoms with Crippen molar-refractivity contribution in [2.75, 3.05) is 32.4 Å². The van der Waals surface area contributed by atoms with Crippen molar-refractivity contribution < 1.29 is 0 Å². The standard InChI is InChI=1S/C15H27N3S/c1-18-9-5-6-13(10-18)17-14-16-11-15(12-19-14)7-3-2-4-8-15/h13H,2-12H2,1H3,(H,16,17). The molecule has 4 heteroatoms. The molecule has 3 nitrogen and oxygen atoms in total. The molecule has 19 heavy (non-hydrogen) atoms. The molecule has 0 amide bonds. The quantitative estimate of drug-likeness (QED) is 0.801. The van der Waals surface area contributed by atoms with Gasteiger partial charge in [-0.05, 0) is 44.7 Å². The van der Waals surface area contributed by atoms with Gasteiger partial charge in [0.15, 0.2) is 5.17 Å². The predicted molar refractivity (Wildman–Crippen MR) is 83.9 cm³/mol. The van der Waals surface area contributed by atoms with Gasteiger partial charge in [-0.3, -0.25) is 4.99 Å². The average molecular weight is 281 g/mol. The smallest absolute Gasteiger partial charge is 0.156 e. The Morgan fingerprint density at radius 3 is 2.79 bits per heavy atom. The number of amidine groups is 1. The molecule has 1 saturated heterocycles. The minimum Gasteiger partial charge on any atom is -0.361 e. The van der Waals surface area contributed by atoms with Crippen LogP contribution >= 0.6 is 11.8 Å². The number of nitrogens with one attached hydrogen (secondary N) is 1. The van der Waals surface area contributed by atoms with Gasteiger partial charge in [0.25, 0.3) is 0 Å². The summed E-state index contributed by atoms with van der Waals surface area (Å²) in [5.41, 5.74) is 0.553. The van der Waals surface area contributed by atoms with E-state index in [1.54, 1.807) is 0 Å². The van der Waals surface area contributed by atoms with Crippen LogP contribution in [0.5, 0.6) is 0 Å². The van der Waals surface area contributed by atoms with Gasteiger partial charge in [-0.1, -0.05) is 31.0 Å². The fourth-order valence-electron chi connectivity index (χ4n) is 3.70. The van der Waals surface area contributed by atoms with E-state index in [1.165, 1.54) is 69.0 Å². The van der Waals surface area contributed by atoms with Crippen LogP contribution in [0.3, 0.4) is 0 Å². The van der Waals surface area contributed by atoms with Gasteiger partial charge in [0.1, 0.15) is 0 Å². The molecule has 0 aromatic heterocycles. The molecule has 1 N–H and O–H groups in total. The number of hydrogen-bond acceptors (Lipinski definition) is 4. The molecule has 1 spiro atoms. The van der Waals surface area contributed by atoms with Gasteiger partial charge in [-0.25, -0.2) is 0 Å². The summed E-state index contributed by atoms with van der Waals surface area (Å²) in [4.78, 5) is 7.30. The van der Waals surface area contributed by atoms with Crippen molar-refractivity contribution in [1.29, 1.82) is 0 Å². The van der Waals surface area contributed by atoms with E-state index >= 15 is 0 Å². The molecule has 2 fully saturated rings. The summed E-state index contributed by atoms with van der Waals surface area (Å²) in [6.07, 6.45) is 9.71. The van der Waals surface area contributed by atoms with E-state index in [9.17, 15) is 0 Å². The zero-order valence-corrected chi connectivity index (χ0v) is 13.0. The van der Waals surface area contributed by atoms with Crippen LogP contribution in [-0.4, -0.2) is 48.5 Å². The fourth-order valence-corrected chi connectivity index (χ4v) is 4.93. The number of aliphatic imine (C=N–C) groups is 1. The summed E-state index contributed by atoms with van der Waals surface area (Å²) in [5, 5.41) is 4.90. The molecular formula is C15H27N3S. The molecule has 1 atom stereocenters. The van der Waals surface area contributed by atoms with Crippen LogP contribution in [0, 0.1) is 5.41 Å². The third-order valence-corrected chi connectivity index (χ3v) is 6.22. The molecule has 0 aromatic carbocycles. The molecule has 0 bridgehead atoms. The number of piperidine rings is 1. The van der Waals surface area contributed by atoms with E-state index < -0.39 is 0 Å². The van der Waals surface area contributed by atoms with Crippen LogP contribution in [0.25, 0.3) is 0 Å². The van der Waals surface area contributed by atoms with Crippen molar-refractivity contribution in [3.63, 3.8) is 0 Å². The Kier molecular flexibility index (Phi) is 4.37. The van der Waals surface area contributed by atoms with Crippen molar-refractivity contribution in [2.45, 2.75) is 51.0 Å². The van der Waals surface area contributed by atoms with Gasteiger partial charge in [0.2, 0.25) is 0 Å². The lowest BCUT2D eigenvalue weighted by atomic mass is 9.75. The lowest BCUT2D eigenvalue weighted by molar-refractivity contribution is 0.229. The summed E-state index contributed by atoms with van der Waals surface area (Å²) in [7, 11) is 2.22. The van der Waals surface area contributed by atoms with Crippen LogP contribution in [0.15, 0.2) is 4.99 Å². The molecule has 1 saturated carbocycles. The molecule has 108 valence electrons. The summed E-state index contributed by atoms with van der Waals surface area (Å²) in [6, 6.07) is 0.616. The molecule has 0 aromatic rings. The van der Waals surface area contributed by atoms with Gasteiger partial charge in [0.05, 0.1) is 0 Å². The van der Waals surface area contributed by atoms with E-state index in [0.717, 1.165) is 6.54 Å². The van der Waals surface area contributed by atoms with Crippen LogP contribution in [0.4, 0.5) is 0 Å². The number of rotatable bonds is 1. The second-order valence-electron chi connectivity index (χ2n) is 6.72. The first-order valence-corrected chi connectivity index (χ1v) is 8.87. The highest BCUT2D eigenvalue weighted by atomic mass is 32.2. The van der Waals surface area contributed by atoms with E-state index in [2.05, 4.69) is 17.3 Å². The second-order valence-corrected chi connectivity index (χ2v) is 7.68. The van der Waals surface area contributed by atoms with Crippen molar-refractivity contribution in [3.8, 4) is 0 Å². The molecule has 2 aliphatic heterocycles. The number of likely N-dealkylation sites (tertiary alicyclic amines) is 1. The number of hydrogen-bond donors (Lipinski definition) is 1. The van der Waals surface area contributed by atoms with E-state index in [1.807, 2.05) is 11.8 Å². The lowest BCUT2D eigenvalue weighted by Gasteiger charge is -2.39. The topological polar surface area (TPSA) is 27.6 Å². The normalized spacial score (nSPS) is 32.1. The van der Waals surface area contributed by atoms with Crippen LogP contribution in [0.1, 0.15) is 44.9 Å². The Bertz CT molecular complexity index is 336. The summed E-state index contributed by atoms with van der Waals surface area (Å²) < 4.78 is 0. The first-order valence-electron chi connectivity index (χ1n) is 7.88. The molecule has 1 aliphatic carbocycles. The first-order chi connectivity index (χ1) is 9.26. The van der Waals surface area contributed by atoms with Gasteiger partial charge in [-0.2, -0.15) is 0 Å². The van der Waals surface area contributed by atoms with Gasteiger partial charge >= 0.3 is 0 Å². The molecule has 3 rings (SSSR count). The zero-order valence-electron chi connectivity index (χ0n) is 12.2. The number of likely N-dealkylation sites (N-methyl/N-ethyl adjacent to an activating group) is 1. The third-order valence-electron chi connectivity index (χ3n) is 4.94. The highest BCUT2D eigenvalue weighted by molar-refractivity contribution is 8.13. The maximum atomic E-state index is 4.88. The fraction of sp³-hybridized carbons (Fsp3) is 0.933. The Hall–Kier alpha value is -0.220. The van der Waals surface area contributed by atoms with E-state index in [0.29, 0.717) is 11.5 Å². The lowest BCUT2D eigenvalue weighted by Crippen LogP contribution is -2.47. The minimum absolute atomic E-state index is 0.553. The van der Waals surface area contributed by atoms with Crippen molar-refractivity contribution >= 4 is 16.9 Å². The van der Waals surface area contributed by atoms with E-state index in [-0.39, 0.29) is 0 Å². The second kappa shape index (κ2) is 6.04. The van der Waals surface area contributed by atoms with Gasteiger partial charge in [-0.15, -0.1) is 0 Å². The molecule has 3 aliphatic rings. The SMILES string of the molecule is CN1CCCC(NC2=NCC3(CCCCC3)CS2)C1. The zero-order chi connectivity index (χ0) is 13.1. The average Bonchev–Trinajstić information content (AvgIpc) is 2.43. The van der Waals surface area contributed by atoms with Gasteiger partial charge < -0.3 is 10.2 Å².